The molecule has 1 amide bonds. The van der Waals surface area contributed by atoms with E-state index in [4.69, 9.17) is 9.47 Å². The molecule has 24 heavy (non-hydrogen) atoms. The van der Waals surface area contributed by atoms with Gasteiger partial charge in [-0.1, -0.05) is 18.2 Å². The number of benzene rings is 1. The summed E-state index contributed by atoms with van der Waals surface area (Å²) < 4.78 is 10.3. The molecule has 1 aromatic carbocycles. The minimum absolute atomic E-state index is 0.128. The Morgan fingerprint density at radius 2 is 1.83 bits per heavy atom. The van der Waals surface area contributed by atoms with Crippen molar-refractivity contribution < 1.29 is 23.9 Å². The number of carbonyl (C=O) groups is 3. The van der Waals surface area contributed by atoms with Crippen LogP contribution >= 0.6 is 0 Å². The molecular weight excluding hydrogens is 310 g/mol. The van der Waals surface area contributed by atoms with Gasteiger partial charge in [0.2, 0.25) is 5.91 Å². The lowest BCUT2D eigenvalue weighted by Gasteiger charge is -2.09. The molecule has 6 nitrogen and oxygen atoms in total. The SMILES string of the molecule is C\C=C/C(=C\C=C\NC(C)=O)OC(=O)c1ccccc1OC(C)=O. The van der Waals surface area contributed by atoms with E-state index >= 15 is 0 Å². The fourth-order valence-corrected chi connectivity index (χ4v) is 1.64. The summed E-state index contributed by atoms with van der Waals surface area (Å²) in [5, 5.41) is 2.47. The van der Waals surface area contributed by atoms with Crippen LogP contribution < -0.4 is 10.1 Å². The highest BCUT2D eigenvalue weighted by atomic mass is 16.5. The van der Waals surface area contributed by atoms with Crippen LogP contribution in [0.3, 0.4) is 0 Å². The van der Waals surface area contributed by atoms with Gasteiger partial charge in [0.05, 0.1) is 0 Å². The fourth-order valence-electron chi connectivity index (χ4n) is 1.64. The van der Waals surface area contributed by atoms with Gasteiger partial charge < -0.3 is 14.8 Å². The van der Waals surface area contributed by atoms with Gasteiger partial charge in [0, 0.05) is 20.0 Å². The van der Waals surface area contributed by atoms with Gasteiger partial charge in [-0.3, -0.25) is 9.59 Å². The normalized spacial score (nSPS) is 11.5. The quantitative estimate of drug-likeness (QED) is 0.376. The van der Waals surface area contributed by atoms with Crippen molar-refractivity contribution in [2.24, 2.45) is 0 Å². The first-order chi connectivity index (χ1) is 11.4. The van der Waals surface area contributed by atoms with Crippen LogP contribution in [0.15, 0.2) is 60.5 Å². The van der Waals surface area contributed by atoms with Gasteiger partial charge >= 0.3 is 11.9 Å². The predicted molar refractivity (Wildman–Crippen MR) is 89.0 cm³/mol. The van der Waals surface area contributed by atoms with E-state index in [1.165, 1.54) is 44.3 Å². The molecule has 0 saturated carbocycles. The van der Waals surface area contributed by atoms with Crippen molar-refractivity contribution in [1.82, 2.24) is 5.32 Å². The van der Waals surface area contributed by atoms with Gasteiger partial charge in [0.15, 0.2) is 0 Å². The molecule has 0 spiro atoms. The summed E-state index contributed by atoms with van der Waals surface area (Å²) in [6.07, 6.45) is 7.75. The van der Waals surface area contributed by atoms with E-state index in [2.05, 4.69) is 5.32 Å². The van der Waals surface area contributed by atoms with Crippen molar-refractivity contribution in [1.29, 1.82) is 0 Å². The van der Waals surface area contributed by atoms with E-state index in [-0.39, 0.29) is 23.0 Å². The van der Waals surface area contributed by atoms with Crippen molar-refractivity contribution >= 4 is 17.8 Å². The molecule has 0 atom stereocenters. The maximum Gasteiger partial charge on any atom is 0.347 e. The van der Waals surface area contributed by atoms with Gasteiger partial charge in [-0.15, -0.1) is 0 Å². The Kier molecular flexibility index (Phi) is 7.70. The monoisotopic (exact) mass is 329 g/mol. The summed E-state index contributed by atoms with van der Waals surface area (Å²) in [7, 11) is 0. The number of carbonyl (C=O) groups excluding carboxylic acids is 3. The first-order valence-corrected chi connectivity index (χ1v) is 7.20. The smallest absolute Gasteiger partial charge is 0.347 e. The zero-order valence-corrected chi connectivity index (χ0v) is 13.7. The number of rotatable bonds is 6. The van der Waals surface area contributed by atoms with Crippen molar-refractivity contribution in [3.05, 3.63) is 66.1 Å². The predicted octanol–water partition coefficient (Wildman–Crippen LogP) is 2.88. The van der Waals surface area contributed by atoms with Gasteiger partial charge in [-0.25, -0.2) is 4.79 Å². The number of ether oxygens (including phenoxy) is 2. The van der Waals surface area contributed by atoms with E-state index in [1.807, 2.05) is 0 Å². The highest BCUT2D eigenvalue weighted by Crippen LogP contribution is 2.20. The van der Waals surface area contributed by atoms with Crippen LogP contribution in [0.5, 0.6) is 5.75 Å². The molecule has 0 aliphatic rings. The molecule has 0 heterocycles. The largest absolute Gasteiger partial charge is 0.426 e. The van der Waals surface area contributed by atoms with Crippen LogP contribution in [0, 0.1) is 0 Å². The Balaban J connectivity index is 2.93. The summed E-state index contributed by atoms with van der Waals surface area (Å²) in [5.74, 6) is -1.01. The molecule has 0 bridgehead atoms. The average Bonchev–Trinajstić information content (AvgIpc) is 2.51. The van der Waals surface area contributed by atoms with Crippen molar-refractivity contribution in [2.45, 2.75) is 20.8 Å². The highest BCUT2D eigenvalue weighted by Gasteiger charge is 2.15. The van der Waals surface area contributed by atoms with Crippen molar-refractivity contribution in [2.75, 3.05) is 0 Å². The summed E-state index contributed by atoms with van der Waals surface area (Å²) in [4.78, 5) is 34.2. The third-order valence-corrected chi connectivity index (χ3v) is 2.55. The summed E-state index contributed by atoms with van der Waals surface area (Å²) in [5.41, 5.74) is 0.133. The molecule has 0 unspecified atom stereocenters. The van der Waals surface area contributed by atoms with E-state index in [0.29, 0.717) is 0 Å². The third-order valence-electron chi connectivity index (χ3n) is 2.55. The Morgan fingerprint density at radius 3 is 2.46 bits per heavy atom. The second kappa shape index (κ2) is 9.78. The maximum absolute atomic E-state index is 12.3. The van der Waals surface area contributed by atoms with Crippen LogP contribution in [-0.2, 0) is 14.3 Å². The minimum atomic E-state index is -0.663. The third kappa shape index (κ3) is 6.74. The Morgan fingerprint density at radius 1 is 1.12 bits per heavy atom. The fraction of sp³-hybridized carbons (Fsp3) is 0.167. The Hall–Kier alpha value is -3.15. The number of allylic oxidation sites excluding steroid dienone is 4. The average molecular weight is 329 g/mol. The van der Waals surface area contributed by atoms with Crippen LogP contribution in [0.1, 0.15) is 31.1 Å². The standard InChI is InChI=1S/C18H19NO5/c1-4-8-15(9-7-12-19-13(2)20)24-18(22)16-10-5-6-11-17(16)23-14(3)21/h4-12H,1-3H3,(H,19,20)/b8-4-,12-7+,15-9+. The second-order valence-electron chi connectivity index (χ2n) is 4.61. The van der Waals surface area contributed by atoms with Gasteiger partial charge in [0.25, 0.3) is 0 Å². The number of hydrogen-bond acceptors (Lipinski definition) is 5. The Labute approximate surface area is 140 Å². The van der Waals surface area contributed by atoms with E-state index < -0.39 is 11.9 Å². The first kappa shape index (κ1) is 18.9. The van der Waals surface area contributed by atoms with Gasteiger partial charge in [0.1, 0.15) is 17.1 Å². The topological polar surface area (TPSA) is 81.7 Å². The zero-order valence-electron chi connectivity index (χ0n) is 13.7. The second-order valence-corrected chi connectivity index (χ2v) is 4.61. The number of hydrogen-bond donors (Lipinski definition) is 1. The molecule has 0 saturated heterocycles. The van der Waals surface area contributed by atoms with Crippen LogP contribution in [0.2, 0.25) is 0 Å². The molecule has 6 heteroatoms. The summed E-state index contributed by atoms with van der Waals surface area (Å²) in [6, 6.07) is 6.29. The lowest BCUT2D eigenvalue weighted by Crippen LogP contribution is -2.11. The maximum atomic E-state index is 12.3. The number of para-hydroxylation sites is 1. The molecule has 1 aromatic rings. The number of amides is 1. The minimum Gasteiger partial charge on any atom is -0.426 e. The molecule has 0 radical (unpaired) electrons. The lowest BCUT2D eigenvalue weighted by atomic mass is 10.2. The summed E-state index contributed by atoms with van der Waals surface area (Å²) in [6.45, 7) is 4.40. The zero-order chi connectivity index (χ0) is 17.9. The van der Waals surface area contributed by atoms with Gasteiger partial charge in [-0.05, 0) is 37.3 Å². The van der Waals surface area contributed by atoms with E-state index in [1.54, 1.807) is 31.2 Å². The highest BCUT2D eigenvalue weighted by molar-refractivity contribution is 5.94. The molecule has 0 aliphatic carbocycles. The van der Waals surface area contributed by atoms with E-state index in [0.717, 1.165) is 0 Å². The number of nitrogens with one attached hydrogen (secondary N) is 1. The van der Waals surface area contributed by atoms with Crippen LogP contribution in [-0.4, -0.2) is 17.8 Å². The van der Waals surface area contributed by atoms with Crippen molar-refractivity contribution in [3.63, 3.8) is 0 Å². The molecule has 0 aliphatic heterocycles. The van der Waals surface area contributed by atoms with Crippen molar-refractivity contribution in [3.8, 4) is 5.75 Å². The lowest BCUT2D eigenvalue weighted by molar-refractivity contribution is -0.131. The summed E-state index contributed by atoms with van der Waals surface area (Å²) >= 11 is 0. The Bertz CT molecular complexity index is 701. The molecule has 126 valence electrons. The number of esters is 2. The molecule has 0 fully saturated rings. The molecule has 1 N–H and O–H groups in total. The molecule has 1 rings (SSSR count). The molecular formula is C18H19NO5. The van der Waals surface area contributed by atoms with Gasteiger partial charge in [-0.2, -0.15) is 0 Å². The van der Waals surface area contributed by atoms with E-state index in [9.17, 15) is 14.4 Å². The van der Waals surface area contributed by atoms with Crippen LogP contribution in [0.25, 0.3) is 0 Å². The first-order valence-electron chi connectivity index (χ1n) is 7.20. The van der Waals surface area contributed by atoms with Crippen LogP contribution in [0.4, 0.5) is 0 Å². The molecule has 0 aromatic heterocycles.